The second kappa shape index (κ2) is 13.3. The number of rotatable bonds is 10. The van der Waals surface area contributed by atoms with Crippen LogP contribution in [0.25, 0.3) is 0 Å². The largest absolute Gasteiger partial charge is 0.488 e. The average molecular weight is 593 g/mol. The first-order valence-corrected chi connectivity index (χ1v) is 15.2. The lowest BCUT2D eigenvalue weighted by atomic mass is 9.99. The molecule has 0 bridgehead atoms. The summed E-state index contributed by atoms with van der Waals surface area (Å²) in [5, 5.41) is 12.7. The number of morpholine rings is 1. The molecule has 0 aliphatic carbocycles. The molecule has 2 aromatic rings. The van der Waals surface area contributed by atoms with E-state index < -0.39 is 22.2 Å². The van der Waals surface area contributed by atoms with Crippen LogP contribution in [0, 0.1) is 5.92 Å². The number of anilines is 1. The Hall–Kier alpha value is -3.04. The second-order valence-electron chi connectivity index (χ2n) is 10.7. The number of likely N-dealkylation sites (N-methyl/N-ethyl adjacent to an activating group) is 1. The summed E-state index contributed by atoms with van der Waals surface area (Å²) in [5.41, 5.74) is 0.674. The lowest BCUT2D eigenvalue weighted by molar-refractivity contribution is -0.116. The van der Waals surface area contributed by atoms with Gasteiger partial charge in [0.2, 0.25) is 5.91 Å². The number of imidazole rings is 1. The Labute approximate surface area is 241 Å². The number of sulfonamides is 1. The first-order valence-electron chi connectivity index (χ1n) is 13.8. The van der Waals surface area contributed by atoms with Crippen LogP contribution in [0.5, 0.6) is 5.75 Å². The van der Waals surface area contributed by atoms with Crippen molar-refractivity contribution in [1.82, 2.24) is 23.7 Å². The van der Waals surface area contributed by atoms with Gasteiger partial charge < -0.3 is 29.4 Å². The van der Waals surface area contributed by atoms with Gasteiger partial charge in [-0.3, -0.25) is 14.5 Å². The van der Waals surface area contributed by atoms with Crippen LogP contribution in [0.4, 0.5) is 5.69 Å². The van der Waals surface area contributed by atoms with E-state index in [0.29, 0.717) is 31.9 Å². The summed E-state index contributed by atoms with van der Waals surface area (Å²) < 4.78 is 40.7. The van der Waals surface area contributed by atoms with Crippen LogP contribution in [0.15, 0.2) is 35.7 Å². The maximum Gasteiger partial charge on any atom is 0.261 e. The number of hydrogen-bond acceptors (Lipinski definition) is 9. The van der Waals surface area contributed by atoms with Crippen molar-refractivity contribution >= 4 is 27.5 Å². The zero-order valence-corrected chi connectivity index (χ0v) is 24.8. The summed E-state index contributed by atoms with van der Waals surface area (Å²) in [6.07, 6.45) is 2.54. The van der Waals surface area contributed by atoms with Crippen molar-refractivity contribution in [2.75, 3.05) is 64.9 Å². The molecule has 226 valence electrons. The molecule has 1 saturated heterocycles. The van der Waals surface area contributed by atoms with E-state index in [9.17, 15) is 23.1 Å². The molecule has 3 atom stereocenters. The minimum absolute atomic E-state index is 0.00901. The minimum Gasteiger partial charge on any atom is -0.488 e. The second-order valence-corrected chi connectivity index (χ2v) is 12.7. The van der Waals surface area contributed by atoms with Gasteiger partial charge in [-0.2, -0.15) is 4.31 Å². The SMILES string of the molecule is C[C@H]1CN([C@@H](C)CO)C(=O)c2cc(NC(=O)CCN3CCOCC3)ccc2O[C@H]1CN(C)S(=O)(=O)c1cn(C)cn1. The highest BCUT2D eigenvalue weighted by Crippen LogP contribution is 2.31. The highest BCUT2D eigenvalue weighted by atomic mass is 32.2. The van der Waals surface area contributed by atoms with Gasteiger partial charge in [0, 0.05) is 64.5 Å². The fourth-order valence-corrected chi connectivity index (χ4v) is 6.00. The summed E-state index contributed by atoms with van der Waals surface area (Å²) >= 11 is 0. The standard InChI is InChI=1S/C27H40N6O7S/c1-19-14-33(20(2)17-34)27(36)22-13-21(29-25(35)7-8-32-9-11-39-12-10-32)5-6-23(22)40-24(19)15-31(4)41(37,38)26-16-30(3)18-28-26/h5-6,13,16,18-20,24,34H,7-12,14-15,17H2,1-4H3,(H,29,35)/t19-,20-,24-/m0/s1. The molecule has 41 heavy (non-hydrogen) atoms. The Morgan fingerprint density at radius 3 is 2.68 bits per heavy atom. The van der Waals surface area contributed by atoms with Crippen LogP contribution in [0.3, 0.4) is 0 Å². The van der Waals surface area contributed by atoms with Crippen molar-refractivity contribution in [3.8, 4) is 5.75 Å². The van der Waals surface area contributed by atoms with Gasteiger partial charge in [0.1, 0.15) is 11.9 Å². The predicted octanol–water partition coefficient (Wildman–Crippen LogP) is 0.622. The number of hydrogen-bond donors (Lipinski definition) is 2. The molecule has 0 unspecified atom stereocenters. The molecule has 2 aliphatic heterocycles. The normalized spacial score (nSPS) is 21.1. The Kier molecular flexibility index (Phi) is 10.0. The van der Waals surface area contributed by atoms with Crippen molar-refractivity contribution in [2.24, 2.45) is 13.0 Å². The topological polar surface area (TPSA) is 147 Å². The maximum atomic E-state index is 13.7. The highest BCUT2D eigenvalue weighted by molar-refractivity contribution is 7.89. The first kappa shape index (κ1) is 30.9. The predicted molar refractivity (Wildman–Crippen MR) is 151 cm³/mol. The third-order valence-corrected chi connectivity index (χ3v) is 9.21. The molecule has 0 radical (unpaired) electrons. The number of carbonyl (C=O) groups excluding carboxylic acids is 2. The molecule has 14 heteroatoms. The lowest BCUT2D eigenvalue weighted by Crippen LogP contribution is -2.50. The van der Waals surface area contributed by atoms with Crippen molar-refractivity contribution in [2.45, 2.75) is 37.4 Å². The summed E-state index contributed by atoms with van der Waals surface area (Å²) in [6, 6.07) is 4.36. The van der Waals surface area contributed by atoms with E-state index in [2.05, 4.69) is 15.2 Å². The van der Waals surface area contributed by atoms with Crippen LogP contribution < -0.4 is 10.1 Å². The van der Waals surface area contributed by atoms with Gasteiger partial charge in [-0.1, -0.05) is 6.92 Å². The number of carbonyl (C=O) groups is 2. The van der Waals surface area contributed by atoms with Gasteiger partial charge in [-0.05, 0) is 25.1 Å². The average Bonchev–Trinajstić information content (AvgIpc) is 3.41. The molecule has 0 spiro atoms. The summed E-state index contributed by atoms with van der Waals surface area (Å²) in [6.45, 7) is 7.12. The van der Waals surface area contributed by atoms with E-state index in [0.717, 1.165) is 13.1 Å². The smallest absolute Gasteiger partial charge is 0.261 e. The van der Waals surface area contributed by atoms with E-state index in [1.165, 1.54) is 23.9 Å². The number of aliphatic hydroxyl groups excluding tert-OH is 1. The molecular weight excluding hydrogens is 552 g/mol. The Morgan fingerprint density at radius 2 is 2.02 bits per heavy atom. The number of aromatic nitrogens is 2. The summed E-state index contributed by atoms with van der Waals surface area (Å²) in [7, 11) is -0.717. The van der Waals surface area contributed by atoms with E-state index in [1.54, 1.807) is 41.6 Å². The van der Waals surface area contributed by atoms with Gasteiger partial charge in [0.05, 0.1) is 44.3 Å². The molecule has 4 rings (SSSR count). The van der Waals surface area contributed by atoms with E-state index in [-0.39, 0.29) is 53.8 Å². The summed E-state index contributed by atoms with van der Waals surface area (Å²) in [4.78, 5) is 34.1. The Morgan fingerprint density at radius 1 is 1.29 bits per heavy atom. The van der Waals surface area contributed by atoms with E-state index >= 15 is 0 Å². The number of aliphatic hydroxyl groups is 1. The van der Waals surface area contributed by atoms with Crippen LogP contribution in [-0.4, -0.2) is 121 Å². The molecule has 1 aromatic heterocycles. The molecule has 0 saturated carbocycles. The molecule has 3 heterocycles. The van der Waals surface area contributed by atoms with Gasteiger partial charge in [0.25, 0.3) is 15.9 Å². The third-order valence-electron chi connectivity index (χ3n) is 7.50. The maximum absolute atomic E-state index is 13.7. The number of fused-ring (bicyclic) bond motifs is 1. The van der Waals surface area contributed by atoms with E-state index in [1.807, 2.05) is 6.92 Å². The Balaban J connectivity index is 1.55. The van der Waals surface area contributed by atoms with Crippen LogP contribution in [-0.2, 0) is 26.6 Å². The van der Waals surface area contributed by atoms with Gasteiger partial charge >= 0.3 is 0 Å². The molecule has 13 nitrogen and oxygen atoms in total. The molecule has 2 N–H and O–H groups in total. The van der Waals surface area contributed by atoms with Crippen molar-refractivity contribution in [1.29, 1.82) is 0 Å². The monoisotopic (exact) mass is 592 g/mol. The molecular formula is C27H40N6O7S. The van der Waals surface area contributed by atoms with Crippen LogP contribution >= 0.6 is 0 Å². The fourth-order valence-electron chi connectivity index (χ4n) is 4.86. The van der Waals surface area contributed by atoms with E-state index in [4.69, 9.17) is 9.47 Å². The number of amides is 2. The molecule has 2 aliphatic rings. The fraction of sp³-hybridized carbons (Fsp3) is 0.593. The summed E-state index contributed by atoms with van der Waals surface area (Å²) in [5.74, 6) is -0.520. The Bertz CT molecular complexity index is 1330. The van der Waals surface area contributed by atoms with Crippen molar-refractivity contribution in [3.63, 3.8) is 0 Å². The van der Waals surface area contributed by atoms with Crippen molar-refractivity contribution < 1.29 is 32.6 Å². The number of ether oxygens (including phenoxy) is 2. The lowest BCUT2D eigenvalue weighted by Gasteiger charge is -2.38. The quantitative estimate of drug-likeness (QED) is 0.405. The third kappa shape index (κ3) is 7.43. The first-order chi connectivity index (χ1) is 19.5. The number of nitrogens with one attached hydrogen (secondary N) is 1. The number of aryl methyl sites for hydroxylation is 1. The van der Waals surface area contributed by atoms with Crippen LogP contribution in [0.2, 0.25) is 0 Å². The zero-order valence-electron chi connectivity index (χ0n) is 24.0. The number of nitrogens with zero attached hydrogens (tertiary/aromatic N) is 5. The zero-order chi connectivity index (χ0) is 29.7. The van der Waals surface area contributed by atoms with Gasteiger partial charge in [-0.25, -0.2) is 13.4 Å². The minimum atomic E-state index is -3.88. The molecule has 1 fully saturated rings. The van der Waals surface area contributed by atoms with Crippen LogP contribution in [0.1, 0.15) is 30.6 Å². The molecule has 2 amide bonds. The van der Waals surface area contributed by atoms with Gasteiger partial charge in [-0.15, -0.1) is 0 Å². The number of benzene rings is 1. The highest BCUT2D eigenvalue weighted by Gasteiger charge is 2.35. The van der Waals surface area contributed by atoms with Crippen molar-refractivity contribution in [3.05, 3.63) is 36.3 Å². The molecule has 1 aromatic carbocycles. The van der Waals surface area contributed by atoms with Gasteiger partial charge in [0.15, 0.2) is 5.03 Å².